The average molecular weight is 355 g/mol. The molecule has 0 amide bonds. The molecule has 1 saturated heterocycles. The van der Waals surface area contributed by atoms with Gasteiger partial charge in [-0.2, -0.15) is 0 Å². The fourth-order valence-corrected chi connectivity index (χ4v) is 3.38. The molecule has 5 heteroatoms. The lowest BCUT2D eigenvalue weighted by atomic mass is 9.99. The number of likely N-dealkylation sites (tertiary alicyclic amines) is 1. The zero-order valence-corrected chi connectivity index (χ0v) is 15.5. The second-order valence-electron chi connectivity index (χ2n) is 6.67. The predicted octanol–water partition coefficient (Wildman–Crippen LogP) is 4.06. The Balaban J connectivity index is 1.45. The van der Waals surface area contributed by atoms with Crippen LogP contribution in [0.5, 0.6) is 0 Å². The Morgan fingerprint density at radius 3 is 2.44 bits per heavy atom. The van der Waals surface area contributed by atoms with Crippen LogP contribution in [0, 0.1) is 5.92 Å². The zero-order chi connectivity index (χ0) is 17.5. The van der Waals surface area contributed by atoms with E-state index >= 15 is 0 Å². The maximum atomic E-state index is 5.42. The van der Waals surface area contributed by atoms with Crippen molar-refractivity contribution >= 4 is 34.4 Å². The van der Waals surface area contributed by atoms with Gasteiger partial charge in [-0.3, -0.25) is 0 Å². The van der Waals surface area contributed by atoms with E-state index < -0.39 is 0 Å². The van der Waals surface area contributed by atoms with Crippen molar-refractivity contribution < 1.29 is 0 Å². The molecule has 0 saturated carbocycles. The highest BCUT2D eigenvalue weighted by Gasteiger charge is 2.16. The van der Waals surface area contributed by atoms with Crippen LogP contribution in [0.1, 0.15) is 12.8 Å². The predicted molar refractivity (Wildman–Crippen MR) is 111 cm³/mol. The van der Waals surface area contributed by atoms with E-state index in [1.807, 2.05) is 54.6 Å². The molecule has 1 fully saturated rings. The molecule has 1 heterocycles. The Morgan fingerprint density at radius 1 is 1.04 bits per heavy atom. The number of rotatable bonds is 5. The van der Waals surface area contributed by atoms with Crippen LogP contribution in [0.2, 0.25) is 0 Å². The number of para-hydroxylation sites is 1. The summed E-state index contributed by atoms with van der Waals surface area (Å²) in [4.78, 5) is 2.39. The highest BCUT2D eigenvalue weighted by Crippen LogP contribution is 2.19. The minimum Gasteiger partial charge on any atom is -0.362 e. The van der Waals surface area contributed by atoms with E-state index in [-0.39, 0.29) is 0 Å². The molecule has 3 N–H and O–H groups in total. The molecular weight excluding hydrogens is 328 g/mol. The fraction of sp³-hybridized carbons (Fsp3) is 0.350. The lowest BCUT2D eigenvalue weighted by molar-refractivity contribution is 0.211. The molecule has 0 aromatic heterocycles. The van der Waals surface area contributed by atoms with E-state index in [0.29, 0.717) is 11.0 Å². The van der Waals surface area contributed by atoms with Crippen molar-refractivity contribution in [2.75, 3.05) is 37.3 Å². The monoisotopic (exact) mass is 354 g/mol. The molecule has 0 bridgehead atoms. The van der Waals surface area contributed by atoms with Gasteiger partial charge in [-0.25, -0.2) is 0 Å². The first-order valence-electron chi connectivity index (χ1n) is 8.84. The van der Waals surface area contributed by atoms with Crippen LogP contribution in [0.4, 0.5) is 17.1 Å². The first-order chi connectivity index (χ1) is 12.2. The number of benzene rings is 2. The van der Waals surface area contributed by atoms with Crippen molar-refractivity contribution in [2.24, 2.45) is 5.92 Å². The molecule has 1 atom stereocenters. The number of hydrogen-bond donors (Lipinski definition) is 3. The molecule has 0 radical (unpaired) electrons. The summed E-state index contributed by atoms with van der Waals surface area (Å²) < 4.78 is 0. The summed E-state index contributed by atoms with van der Waals surface area (Å²) in [6.07, 6.45) is 2.55. The van der Waals surface area contributed by atoms with Crippen LogP contribution in [0.25, 0.3) is 0 Å². The van der Waals surface area contributed by atoms with Gasteiger partial charge < -0.3 is 20.9 Å². The van der Waals surface area contributed by atoms with Gasteiger partial charge in [0, 0.05) is 30.2 Å². The minimum absolute atomic E-state index is 0.677. The molecule has 1 aliphatic rings. The first-order valence-corrected chi connectivity index (χ1v) is 9.25. The molecule has 4 nitrogen and oxygen atoms in total. The van der Waals surface area contributed by atoms with Crippen LogP contribution < -0.4 is 16.0 Å². The third kappa shape index (κ3) is 5.73. The maximum absolute atomic E-state index is 5.42. The highest BCUT2D eigenvalue weighted by molar-refractivity contribution is 7.80. The summed E-state index contributed by atoms with van der Waals surface area (Å²) in [5.74, 6) is 0.677. The second-order valence-corrected chi connectivity index (χ2v) is 7.08. The van der Waals surface area contributed by atoms with Gasteiger partial charge in [-0.05, 0) is 81.0 Å². The van der Waals surface area contributed by atoms with E-state index in [9.17, 15) is 0 Å². The average Bonchev–Trinajstić information content (AvgIpc) is 2.63. The van der Waals surface area contributed by atoms with Crippen molar-refractivity contribution in [3.63, 3.8) is 0 Å². The van der Waals surface area contributed by atoms with Crippen LogP contribution in [-0.4, -0.2) is 36.7 Å². The van der Waals surface area contributed by atoms with Gasteiger partial charge in [0.25, 0.3) is 0 Å². The second kappa shape index (κ2) is 8.83. The van der Waals surface area contributed by atoms with E-state index in [2.05, 4.69) is 27.9 Å². The van der Waals surface area contributed by atoms with E-state index in [1.54, 1.807) is 0 Å². The summed E-state index contributed by atoms with van der Waals surface area (Å²) >= 11 is 5.42. The number of anilines is 3. The summed E-state index contributed by atoms with van der Waals surface area (Å²) in [6.45, 7) is 3.29. The van der Waals surface area contributed by atoms with Gasteiger partial charge in [0.05, 0.1) is 0 Å². The van der Waals surface area contributed by atoms with Crippen LogP contribution in [0.15, 0.2) is 54.6 Å². The van der Waals surface area contributed by atoms with E-state index in [4.69, 9.17) is 12.2 Å². The Labute approximate surface area is 155 Å². The van der Waals surface area contributed by atoms with Crippen molar-refractivity contribution in [3.8, 4) is 0 Å². The number of nitrogens with one attached hydrogen (secondary N) is 3. The largest absolute Gasteiger partial charge is 0.362 e. The first kappa shape index (κ1) is 17.7. The van der Waals surface area contributed by atoms with Gasteiger partial charge in [0.2, 0.25) is 0 Å². The minimum atomic E-state index is 0.677. The smallest absolute Gasteiger partial charge is 0.170 e. The summed E-state index contributed by atoms with van der Waals surface area (Å²) in [7, 11) is 2.19. The Hall–Kier alpha value is -2.11. The molecule has 2 aromatic carbocycles. The standard InChI is InChI=1S/C20H26N4S/c1-24-13-5-6-16(15-24)14-21-20(25)23-19-11-9-18(10-12-19)22-17-7-3-2-4-8-17/h2-4,7-12,16,22H,5-6,13-15H2,1H3,(H2,21,23,25)/t16-/m1/s1. The summed E-state index contributed by atoms with van der Waals surface area (Å²) in [5, 5.41) is 10.7. The third-order valence-electron chi connectivity index (χ3n) is 4.48. The molecule has 3 rings (SSSR count). The van der Waals surface area contributed by atoms with Crippen LogP contribution >= 0.6 is 12.2 Å². The maximum Gasteiger partial charge on any atom is 0.170 e. The SMILES string of the molecule is CN1CCC[C@H](CNC(=S)Nc2ccc(Nc3ccccc3)cc2)C1. The summed E-state index contributed by atoms with van der Waals surface area (Å²) in [5.41, 5.74) is 3.13. The molecule has 1 aliphatic heterocycles. The van der Waals surface area contributed by atoms with Gasteiger partial charge in [-0.1, -0.05) is 18.2 Å². The molecular formula is C20H26N4S. The fourth-order valence-electron chi connectivity index (χ4n) is 3.18. The quantitative estimate of drug-likeness (QED) is 0.707. The van der Waals surface area contributed by atoms with Gasteiger partial charge in [0.15, 0.2) is 5.11 Å². The van der Waals surface area contributed by atoms with E-state index in [1.165, 1.54) is 19.4 Å². The Bertz CT molecular complexity index is 672. The lowest BCUT2D eigenvalue weighted by Gasteiger charge is -2.30. The third-order valence-corrected chi connectivity index (χ3v) is 4.73. The number of hydrogen-bond acceptors (Lipinski definition) is 3. The van der Waals surface area contributed by atoms with Crippen molar-refractivity contribution in [1.29, 1.82) is 0 Å². The molecule has 25 heavy (non-hydrogen) atoms. The van der Waals surface area contributed by atoms with Gasteiger partial charge in [0.1, 0.15) is 0 Å². The normalized spacial score (nSPS) is 17.7. The molecule has 2 aromatic rings. The van der Waals surface area contributed by atoms with Crippen LogP contribution in [0.3, 0.4) is 0 Å². The van der Waals surface area contributed by atoms with Crippen LogP contribution in [-0.2, 0) is 0 Å². The van der Waals surface area contributed by atoms with Crippen molar-refractivity contribution in [1.82, 2.24) is 10.2 Å². The molecule has 132 valence electrons. The zero-order valence-electron chi connectivity index (χ0n) is 14.7. The van der Waals surface area contributed by atoms with E-state index in [0.717, 1.165) is 30.2 Å². The highest BCUT2D eigenvalue weighted by atomic mass is 32.1. The Morgan fingerprint density at radius 2 is 1.72 bits per heavy atom. The molecule has 0 spiro atoms. The molecule has 0 unspecified atom stereocenters. The van der Waals surface area contributed by atoms with Gasteiger partial charge >= 0.3 is 0 Å². The molecule has 0 aliphatic carbocycles. The topological polar surface area (TPSA) is 39.3 Å². The Kier molecular flexibility index (Phi) is 6.25. The number of piperidine rings is 1. The van der Waals surface area contributed by atoms with Gasteiger partial charge in [-0.15, -0.1) is 0 Å². The lowest BCUT2D eigenvalue weighted by Crippen LogP contribution is -2.40. The number of thiocarbonyl (C=S) groups is 1. The van der Waals surface area contributed by atoms with Crippen molar-refractivity contribution in [2.45, 2.75) is 12.8 Å². The summed E-state index contributed by atoms with van der Waals surface area (Å²) in [6, 6.07) is 18.3. The number of nitrogens with zero attached hydrogens (tertiary/aromatic N) is 1. The van der Waals surface area contributed by atoms with Crippen molar-refractivity contribution in [3.05, 3.63) is 54.6 Å².